The zero-order valence-electron chi connectivity index (χ0n) is 7.02. The van der Waals surface area contributed by atoms with Crippen LogP contribution in [0.4, 0.5) is 0 Å². The number of halogens is 1. The van der Waals surface area contributed by atoms with Crippen LogP contribution >= 0.6 is 12.4 Å². The van der Waals surface area contributed by atoms with E-state index < -0.39 is 37.0 Å². The topological polar surface area (TPSA) is 138 Å². The number of aliphatic carboxylic acids is 1. The van der Waals surface area contributed by atoms with Crippen LogP contribution in [0.1, 0.15) is 0 Å². The van der Waals surface area contributed by atoms with Gasteiger partial charge in [-0.05, 0) is 0 Å². The Kier molecular flexibility index (Phi) is 20.2. The van der Waals surface area contributed by atoms with Crippen molar-refractivity contribution in [3.05, 3.63) is 0 Å². The third-order valence-corrected chi connectivity index (χ3v) is 1.51. The molecule has 4 atom stereocenters. The summed E-state index contributed by atoms with van der Waals surface area (Å²) in [6.45, 7) is -0.843. The molecule has 0 aromatic heterocycles. The average molecular weight is 285 g/mol. The van der Waals surface area contributed by atoms with Gasteiger partial charge in [0.05, 0.1) is 6.61 Å². The van der Waals surface area contributed by atoms with E-state index in [0.29, 0.717) is 0 Å². The first-order valence-electron chi connectivity index (χ1n) is 3.47. The van der Waals surface area contributed by atoms with Crippen molar-refractivity contribution in [1.82, 2.24) is 0 Å². The summed E-state index contributed by atoms with van der Waals surface area (Å²) in [7, 11) is 0. The lowest BCUT2D eigenvalue weighted by molar-refractivity contribution is -0.164. The number of carbonyl (C=O) groups is 1. The second-order valence-corrected chi connectivity index (χ2v) is 2.51. The van der Waals surface area contributed by atoms with Gasteiger partial charge in [0.2, 0.25) is 0 Å². The standard InChI is InChI=1S/C6H12O7.ClH.2Mg.4H/c7-1-2(8)3(9)4(10)5(11)6(12)13;;;;;;;/h2-5,7-11H,1H2,(H,12,13);1H;;;;;;/t2-,3-,4+,5-;;;;;;;/m1......./s1. The molecule has 10 heteroatoms. The second-order valence-electron chi connectivity index (χ2n) is 2.51. The van der Waals surface area contributed by atoms with Gasteiger partial charge in [-0.15, -0.1) is 12.4 Å². The van der Waals surface area contributed by atoms with Crippen LogP contribution in [0.2, 0.25) is 0 Å². The second kappa shape index (κ2) is 12.5. The maximum atomic E-state index is 10.1. The fourth-order valence-electron chi connectivity index (χ4n) is 0.668. The van der Waals surface area contributed by atoms with Gasteiger partial charge in [0, 0.05) is 0 Å². The lowest BCUT2D eigenvalue weighted by Crippen LogP contribution is -2.48. The van der Waals surface area contributed by atoms with E-state index in [-0.39, 0.29) is 58.5 Å². The molecule has 0 aliphatic heterocycles. The number of carboxylic acid groups (broad SMARTS) is 1. The molecule has 0 spiro atoms. The molecule has 0 bridgehead atoms. The maximum Gasteiger partial charge on any atom is 0.335 e. The van der Waals surface area contributed by atoms with Crippen LogP contribution in [-0.4, -0.2) is 114 Å². The Bertz CT molecular complexity index is 184. The Balaban J connectivity index is -0.000000240. The molecular weight excluding hydrogens is 268 g/mol. The highest BCUT2D eigenvalue weighted by atomic mass is 35.5. The van der Waals surface area contributed by atoms with E-state index in [1.54, 1.807) is 0 Å². The summed E-state index contributed by atoms with van der Waals surface area (Å²) in [6, 6.07) is 0. The van der Waals surface area contributed by atoms with E-state index in [1.807, 2.05) is 0 Å². The van der Waals surface area contributed by atoms with Crippen molar-refractivity contribution < 1.29 is 35.4 Å². The van der Waals surface area contributed by atoms with E-state index in [1.165, 1.54) is 0 Å². The van der Waals surface area contributed by atoms with Crippen LogP contribution in [-0.2, 0) is 4.79 Å². The summed E-state index contributed by atoms with van der Waals surface area (Å²) in [6.07, 6.45) is -7.84. The van der Waals surface area contributed by atoms with Crippen LogP contribution < -0.4 is 0 Å². The molecule has 0 heterocycles. The molecule has 0 saturated carbocycles. The third kappa shape index (κ3) is 8.22. The zero-order chi connectivity index (χ0) is 10.6. The fourth-order valence-corrected chi connectivity index (χ4v) is 0.668. The van der Waals surface area contributed by atoms with E-state index >= 15 is 0 Å². The largest absolute Gasteiger partial charge is 0.479 e. The van der Waals surface area contributed by atoms with Gasteiger partial charge in [0.25, 0.3) is 0 Å². The average Bonchev–Trinajstić information content (AvgIpc) is 2.12. The number of hydrogen-bond donors (Lipinski definition) is 6. The molecule has 0 radical (unpaired) electrons. The molecule has 0 aliphatic rings. The Hall–Kier alpha value is 1.09. The summed E-state index contributed by atoms with van der Waals surface area (Å²) >= 11 is 0. The molecule has 6 N–H and O–H groups in total. The highest BCUT2D eigenvalue weighted by molar-refractivity contribution is 5.85. The van der Waals surface area contributed by atoms with Crippen LogP contribution in [0.3, 0.4) is 0 Å². The number of aliphatic hydroxyl groups is 5. The van der Waals surface area contributed by atoms with Crippen molar-refractivity contribution in [2.24, 2.45) is 0 Å². The van der Waals surface area contributed by atoms with E-state index in [9.17, 15) is 4.79 Å². The molecule has 94 valence electrons. The molecule has 0 aromatic rings. The first kappa shape index (κ1) is 25.8. The van der Waals surface area contributed by atoms with Crippen molar-refractivity contribution in [1.29, 1.82) is 0 Å². The molecule has 0 saturated heterocycles. The van der Waals surface area contributed by atoms with E-state index in [4.69, 9.17) is 30.6 Å². The lowest BCUT2D eigenvalue weighted by Gasteiger charge is -2.23. The summed E-state index contributed by atoms with van der Waals surface area (Å²) in [5.74, 6) is -1.73. The van der Waals surface area contributed by atoms with Crippen LogP contribution in [0.5, 0.6) is 0 Å². The summed E-state index contributed by atoms with van der Waals surface area (Å²) in [5, 5.41) is 51.8. The summed E-state index contributed by atoms with van der Waals surface area (Å²) < 4.78 is 0. The predicted octanol–water partition coefficient (Wildman–Crippen LogP) is -4.90. The van der Waals surface area contributed by atoms with Gasteiger partial charge in [0.1, 0.15) is 18.3 Å². The normalized spacial score (nSPS) is 16.6. The number of hydrogen-bond acceptors (Lipinski definition) is 6. The molecule has 16 heavy (non-hydrogen) atoms. The monoisotopic (exact) mass is 284 g/mol. The number of carboxylic acids is 1. The van der Waals surface area contributed by atoms with Crippen molar-refractivity contribution >= 4 is 64.5 Å². The van der Waals surface area contributed by atoms with Gasteiger partial charge in [0.15, 0.2) is 6.10 Å². The third-order valence-electron chi connectivity index (χ3n) is 1.51. The highest BCUT2D eigenvalue weighted by Crippen LogP contribution is 2.04. The minimum absolute atomic E-state index is 0. The minimum atomic E-state index is -2.20. The fraction of sp³-hybridized carbons (Fsp3) is 0.833. The Morgan fingerprint density at radius 3 is 1.62 bits per heavy atom. The summed E-state index contributed by atoms with van der Waals surface area (Å²) in [4.78, 5) is 10.1. The minimum Gasteiger partial charge on any atom is -0.479 e. The van der Waals surface area contributed by atoms with Crippen LogP contribution in [0.15, 0.2) is 0 Å². The van der Waals surface area contributed by atoms with Gasteiger partial charge in [-0.25, -0.2) is 4.79 Å². The lowest BCUT2D eigenvalue weighted by atomic mass is 10.0. The molecule has 0 rings (SSSR count). The molecule has 0 aromatic carbocycles. The quantitative estimate of drug-likeness (QED) is 0.278. The van der Waals surface area contributed by atoms with Gasteiger partial charge < -0.3 is 30.6 Å². The van der Waals surface area contributed by atoms with E-state index in [2.05, 4.69) is 0 Å². The van der Waals surface area contributed by atoms with Crippen molar-refractivity contribution in [2.75, 3.05) is 6.61 Å². The van der Waals surface area contributed by atoms with Gasteiger partial charge in [-0.1, -0.05) is 0 Å². The van der Waals surface area contributed by atoms with Crippen molar-refractivity contribution in [3.8, 4) is 0 Å². The van der Waals surface area contributed by atoms with Crippen LogP contribution in [0, 0.1) is 0 Å². The maximum absolute atomic E-state index is 10.1. The van der Waals surface area contributed by atoms with Crippen LogP contribution in [0.25, 0.3) is 0 Å². The smallest absolute Gasteiger partial charge is 0.335 e. The van der Waals surface area contributed by atoms with E-state index in [0.717, 1.165) is 0 Å². The van der Waals surface area contributed by atoms with Crippen molar-refractivity contribution in [3.63, 3.8) is 0 Å². The zero-order valence-corrected chi connectivity index (χ0v) is 7.83. The van der Waals surface area contributed by atoms with Gasteiger partial charge in [-0.2, -0.15) is 0 Å². The molecule has 0 aliphatic carbocycles. The Morgan fingerprint density at radius 1 is 1.00 bits per heavy atom. The molecular formula is C6H17ClMg2O7. The molecule has 7 nitrogen and oxygen atoms in total. The Labute approximate surface area is 130 Å². The molecule has 0 amide bonds. The SMILES string of the molecule is Cl.O=C(O)[C@H](O)[C@@H](O)[C@H](O)[C@H](O)CO.[MgH2].[MgH2]. The van der Waals surface area contributed by atoms with Crippen molar-refractivity contribution in [2.45, 2.75) is 24.4 Å². The van der Waals surface area contributed by atoms with Gasteiger partial charge in [-0.3, -0.25) is 0 Å². The highest BCUT2D eigenvalue weighted by Gasteiger charge is 2.33. The first-order chi connectivity index (χ1) is 5.91. The number of aliphatic hydroxyl groups excluding tert-OH is 5. The van der Waals surface area contributed by atoms with Gasteiger partial charge >= 0.3 is 52.1 Å². The first-order valence-corrected chi connectivity index (χ1v) is 3.47. The molecule has 0 fully saturated rings. The predicted molar refractivity (Wildman–Crippen MR) is 63.1 cm³/mol. The Morgan fingerprint density at radius 2 is 1.38 bits per heavy atom. The summed E-state index contributed by atoms with van der Waals surface area (Å²) in [5.41, 5.74) is 0. The molecule has 0 unspecified atom stereocenters. The number of rotatable bonds is 5.